The minimum atomic E-state index is 0.842. The van der Waals surface area contributed by atoms with Crippen LogP contribution in [0.15, 0.2) is 17.6 Å². The first kappa shape index (κ1) is 10.0. The van der Waals surface area contributed by atoms with E-state index in [1.807, 2.05) is 13.1 Å². The number of nitrogens with zero attached hydrogens (tertiary/aromatic N) is 1. The molecule has 3 nitrogen and oxygen atoms in total. The SMILES string of the molecule is C=CCCCNC(=NC)NC. The van der Waals surface area contributed by atoms with Crippen LogP contribution in [0.25, 0.3) is 0 Å². The van der Waals surface area contributed by atoms with E-state index in [1.165, 1.54) is 0 Å². The second-order valence-corrected chi connectivity index (χ2v) is 2.18. The van der Waals surface area contributed by atoms with Gasteiger partial charge in [0.1, 0.15) is 0 Å². The van der Waals surface area contributed by atoms with Crippen molar-refractivity contribution in [3.63, 3.8) is 0 Å². The van der Waals surface area contributed by atoms with Gasteiger partial charge in [0.15, 0.2) is 5.96 Å². The molecule has 0 heterocycles. The van der Waals surface area contributed by atoms with Crippen molar-refractivity contribution in [3.05, 3.63) is 12.7 Å². The van der Waals surface area contributed by atoms with Crippen LogP contribution in [-0.2, 0) is 0 Å². The van der Waals surface area contributed by atoms with Crippen LogP contribution in [0.2, 0.25) is 0 Å². The molecule has 2 N–H and O–H groups in total. The summed E-state index contributed by atoms with van der Waals surface area (Å²) in [5, 5.41) is 6.09. The highest BCUT2D eigenvalue weighted by molar-refractivity contribution is 5.79. The number of rotatable bonds is 4. The zero-order valence-corrected chi connectivity index (χ0v) is 7.35. The highest BCUT2D eigenvalue weighted by atomic mass is 15.1. The number of hydrogen-bond donors (Lipinski definition) is 2. The number of hydrogen-bond acceptors (Lipinski definition) is 1. The van der Waals surface area contributed by atoms with Crippen LogP contribution in [-0.4, -0.2) is 26.6 Å². The van der Waals surface area contributed by atoms with Crippen LogP contribution in [0.3, 0.4) is 0 Å². The van der Waals surface area contributed by atoms with Gasteiger partial charge in [-0.2, -0.15) is 0 Å². The normalized spacial score (nSPS) is 10.9. The summed E-state index contributed by atoms with van der Waals surface area (Å²) in [5.41, 5.74) is 0. The van der Waals surface area contributed by atoms with Crippen LogP contribution in [0.4, 0.5) is 0 Å². The summed E-state index contributed by atoms with van der Waals surface area (Å²) in [6.07, 6.45) is 4.07. The first-order chi connectivity index (χ1) is 5.35. The molecule has 11 heavy (non-hydrogen) atoms. The molecule has 0 amide bonds. The molecular weight excluding hydrogens is 138 g/mol. The molecule has 3 heteroatoms. The molecule has 0 aromatic heterocycles. The lowest BCUT2D eigenvalue weighted by Gasteiger charge is -2.06. The maximum absolute atomic E-state index is 3.97. The quantitative estimate of drug-likeness (QED) is 0.272. The molecule has 0 rings (SSSR count). The Hall–Kier alpha value is -0.990. The maximum Gasteiger partial charge on any atom is 0.190 e. The third-order valence-electron chi connectivity index (χ3n) is 1.34. The van der Waals surface area contributed by atoms with E-state index in [0.29, 0.717) is 0 Å². The highest BCUT2D eigenvalue weighted by Crippen LogP contribution is 1.85. The van der Waals surface area contributed by atoms with Gasteiger partial charge in [0.05, 0.1) is 0 Å². The standard InChI is InChI=1S/C8H17N3/c1-4-5-6-7-11-8(9-2)10-3/h4H,1,5-7H2,2-3H3,(H2,9,10,11). The van der Waals surface area contributed by atoms with E-state index in [1.54, 1.807) is 7.05 Å². The molecule has 0 radical (unpaired) electrons. The molecule has 0 aliphatic heterocycles. The van der Waals surface area contributed by atoms with Crippen molar-refractivity contribution in [3.8, 4) is 0 Å². The molecule has 0 aliphatic carbocycles. The number of unbranched alkanes of at least 4 members (excludes halogenated alkanes) is 1. The van der Waals surface area contributed by atoms with Crippen molar-refractivity contribution in [1.29, 1.82) is 0 Å². The molecular formula is C8H17N3. The Morgan fingerprint density at radius 2 is 2.36 bits per heavy atom. The predicted octanol–water partition coefficient (Wildman–Crippen LogP) is 0.747. The van der Waals surface area contributed by atoms with Gasteiger partial charge in [0, 0.05) is 20.6 Å². The number of nitrogens with one attached hydrogen (secondary N) is 2. The second-order valence-electron chi connectivity index (χ2n) is 2.18. The summed E-state index contributed by atoms with van der Waals surface area (Å²) in [7, 11) is 3.61. The molecule has 0 spiro atoms. The summed E-state index contributed by atoms with van der Waals surface area (Å²) in [6, 6.07) is 0. The highest BCUT2D eigenvalue weighted by Gasteiger charge is 1.89. The van der Waals surface area contributed by atoms with E-state index in [2.05, 4.69) is 22.2 Å². The van der Waals surface area contributed by atoms with Gasteiger partial charge in [-0.1, -0.05) is 6.08 Å². The fourth-order valence-corrected chi connectivity index (χ4v) is 0.732. The van der Waals surface area contributed by atoms with E-state index in [-0.39, 0.29) is 0 Å². The van der Waals surface area contributed by atoms with Gasteiger partial charge < -0.3 is 10.6 Å². The summed E-state index contributed by atoms with van der Waals surface area (Å²) in [6.45, 7) is 4.59. The fourth-order valence-electron chi connectivity index (χ4n) is 0.732. The zero-order valence-electron chi connectivity index (χ0n) is 7.35. The average molecular weight is 155 g/mol. The average Bonchev–Trinajstić information content (AvgIpc) is 2.05. The fraction of sp³-hybridized carbons (Fsp3) is 0.625. The number of guanidine groups is 1. The second kappa shape index (κ2) is 7.12. The van der Waals surface area contributed by atoms with Crippen LogP contribution in [0.1, 0.15) is 12.8 Å². The van der Waals surface area contributed by atoms with E-state index in [0.717, 1.165) is 25.3 Å². The van der Waals surface area contributed by atoms with Gasteiger partial charge in [0.25, 0.3) is 0 Å². The third kappa shape index (κ3) is 5.45. The maximum atomic E-state index is 3.97. The summed E-state index contributed by atoms with van der Waals surface area (Å²) in [4.78, 5) is 3.97. The number of allylic oxidation sites excluding steroid dienone is 1. The predicted molar refractivity (Wildman–Crippen MR) is 49.9 cm³/mol. The molecule has 0 unspecified atom stereocenters. The van der Waals surface area contributed by atoms with Crippen LogP contribution in [0.5, 0.6) is 0 Å². The first-order valence-corrected chi connectivity index (χ1v) is 3.84. The van der Waals surface area contributed by atoms with Gasteiger partial charge >= 0.3 is 0 Å². The molecule has 0 aromatic carbocycles. The van der Waals surface area contributed by atoms with Gasteiger partial charge in [-0.05, 0) is 12.8 Å². The van der Waals surface area contributed by atoms with Crippen molar-refractivity contribution in [1.82, 2.24) is 10.6 Å². The van der Waals surface area contributed by atoms with Crippen molar-refractivity contribution < 1.29 is 0 Å². The van der Waals surface area contributed by atoms with Crippen LogP contribution >= 0.6 is 0 Å². The Balaban J connectivity index is 3.29. The van der Waals surface area contributed by atoms with Gasteiger partial charge in [0.2, 0.25) is 0 Å². The minimum absolute atomic E-state index is 0.842. The van der Waals surface area contributed by atoms with Crippen molar-refractivity contribution in [2.75, 3.05) is 20.6 Å². The third-order valence-corrected chi connectivity index (χ3v) is 1.34. The van der Waals surface area contributed by atoms with Crippen molar-refractivity contribution >= 4 is 5.96 Å². The van der Waals surface area contributed by atoms with E-state index >= 15 is 0 Å². The Labute approximate surface area is 68.6 Å². The topological polar surface area (TPSA) is 36.4 Å². The lowest BCUT2D eigenvalue weighted by Crippen LogP contribution is -2.35. The Morgan fingerprint density at radius 3 is 2.82 bits per heavy atom. The largest absolute Gasteiger partial charge is 0.359 e. The number of aliphatic imine (C=N–C) groups is 1. The van der Waals surface area contributed by atoms with Gasteiger partial charge in [-0.3, -0.25) is 4.99 Å². The summed E-state index contributed by atoms with van der Waals surface area (Å²) in [5.74, 6) is 0.842. The van der Waals surface area contributed by atoms with Gasteiger partial charge in [-0.25, -0.2) is 0 Å². The van der Waals surface area contributed by atoms with E-state index in [4.69, 9.17) is 0 Å². The van der Waals surface area contributed by atoms with E-state index in [9.17, 15) is 0 Å². The molecule has 0 saturated carbocycles. The molecule has 0 bridgehead atoms. The minimum Gasteiger partial charge on any atom is -0.359 e. The molecule has 0 aliphatic rings. The molecule has 0 atom stereocenters. The van der Waals surface area contributed by atoms with E-state index < -0.39 is 0 Å². The Morgan fingerprint density at radius 1 is 1.64 bits per heavy atom. The smallest absolute Gasteiger partial charge is 0.190 e. The Kier molecular flexibility index (Phi) is 6.48. The van der Waals surface area contributed by atoms with Crippen LogP contribution in [0, 0.1) is 0 Å². The lowest BCUT2D eigenvalue weighted by atomic mass is 10.3. The van der Waals surface area contributed by atoms with Crippen molar-refractivity contribution in [2.24, 2.45) is 4.99 Å². The first-order valence-electron chi connectivity index (χ1n) is 3.84. The Bertz CT molecular complexity index is 129. The summed E-state index contributed by atoms with van der Waals surface area (Å²) < 4.78 is 0. The molecule has 0 fully saturated rings. The lowest BCUT2D eigenvalue weighted by molar-refractivity contribution is 0.771. The summed E-state index contributed by atoms with van der Waals surface area (Å²) >= 11 is 0. The van der Waals surface area contributed by atoms with Crippen molar-refractivity contribution in [2.45, 2.75) is 12.8 Å². The molecule has 0 saturated heterocycles. The van der Waals surface area contributed by atoms with Gasteiger partial charge in [-0.15, -0.1) is 6.58 Å². The monoisotopic (exact) mass is 155 g/mol. The zero-order chi connectivity index (χ0) is 8.53. The van der Waals surface area contributed by atoms with Crippen LogP contribution < -0.4 is 10.6 Å². The molecule has 64 valence electrons. The molecule has 0 aromatic rings.